The van der Waals surface area contributed by atoms with Gasteiger partial charge in [-0.15, -0.1) is 0 Å². The number of carbonyl (C=O) groups is 1. The van der Waals surface area contributed by atoms with Gasteiger partial charge in [-0.1, -0.05) is 48.0 Å². The van der Waals surface area contributed by atoms with E-state index in [9.17, 15) is 4.79 Å². The number of ether oxygens (including phenoxy) is 1. The molecule has 0 spiro atoms. The lowest BCUT2D eigenvalue weighted by atomic mass is 10.00. The van der Waals surface area contributed by atoms with Crippen LogP contribution in [-0.4, -0.2) is 12.6 Å². The molecule has 4 nitrogen and oxygen atoms in total. The van der Waals surface area contributed by atoms with E-state index in [2.05, 4.69) is 73.5 Å². The predicted molar refractivity (Wildman–Crippen MR) is 121 cm³/mol. The highest BCUT2D eigenvalue weighted by molar-refractivity contribution is 5.71. The third-order valence-corrected chi connectivity index (χ3v) is 5.72. The van der Waals surface area contributed by atoms with Crippen LogP contribution in [0.3, 0.4) is 0 Å². The number of rotatable bonds is 5. The molecule has 3 aromatic carbocycles. The molecule has 154 valence electrons. The zero-order valence-electron chi connectivity index (χ0n) is 17.9. The number of nitrogens with zero attached hydrogens (tertiary/aromatic N) is 1. The van der Waals surface area contributed by atoms with Crippen LogP contribution in [0.25, 0.3) is 0 Å². The van der Waals surface area contributed by atoms with Gasteiger partial charge in [0.05, 0.1) is 0 Å². The number of nitrogens with one attached hydrogen (secondary N) is 1. The van der Waals surface area contributed by atoms with Gasteiger partial charge in [-0.05, 0) is 73.2 Å². The number of hydrogen-bond acceptors (Lipinski definition) is 3. The van der Waals surface area contributed by atoms with Gasteiger partial charge in [0.25, 0.3) is 0 Å². The Morgan fingerprint density at radius 3 is 2.47 bits per heavy atom. The van der Waals surface area contributed by atoms with Gasteiger partial charge >= 0.3 is 6.09 Å². The smallest absolute Gasteiger partial charge is 0.410 e. The Balaban J connectivity index is 1.37. The molecule has 0 atom stereocenters. The van der Waals surface area contributed by atoms with Crippen molar-refractivity contribution in [2.24, 2.45) is 0 Å². The van der Waals surface area contributed by atoms with Crippen LogP contribution >= 0.6 is 0 Å². The molecule has 0 fully saturated rings. The molecule has 3 aromatic rings. The van der Waals surface area contributed by atoms with Crippen LogP contribution in [0.5, 0.6) is 5.75 Å². The highest BCUT2D eigenvalue weighted by Crippen LogP contribution is 2.32. The van der Waals surface area contributed by atoms with Crippen molar-refractivity contribution in [3.63, 3.8) is 0 Å². The van der Waals surface area contributed by atoms with Crippen molar-refractivity contribution >= 4 is 11.8 Å². The van der Waals surface area contributed by atoms with Crippen LogP contribution < -0.4 is 15.0 Å². The third kappa shape index (κ3) is 4.48. The molecule has 0 unspecified atom stereocenters. The molecule has 30 heavy (non-hydrogen) atoms. The highest BCUT2D eigenvalue weighted by Gasteiger charge is 2.20. The van der Waals surface area contributed by atoms with Gasteiger partial charge in [-0.25, -0.2) is 4.79 Å². The van der Waals surface area contributed by atoms with E-state index in [-0.39, 0.29) is 0 Å². The van der Waals surface area contributed by atoms with Crippen molar-refractivity contribution in [3.05, 3.63) is 94.0 Å². The molecule has 1 N–H and O–H groups in total. The van der Waals surface area contributed by atoms with Gasteiger partial charge in [-0.2, -0.15) is 0 Å². The van der Waals surface area contributed by atoms with E-state index in [0.717, 1.165) is 25.1 Å². The van der Waals surface area contributed by atoms with E-state index in [1.54, 1.807) is 0 Å². The maximum absolute atomic E-state index is 12.3. The second kappa shape index (κ2) is 8.62. The highest BCUT2D eigenvalue weighted by atomic mass is 16.6. The Labute approximate surface area is 178 Å². The van der Waals surface area contributed by atoms with E-state index in [1.165, 1.54) is 33.5 Å². The fourth-order valence-electron chi connectivity index (χ4n) is 4.27. The number of benzene rings is 3. The number of carbonyl (C=O) groups excluding carboxylic acids is 1. The summed E-state index contributed by atoms with van der Waals surface area (Å²) in [7, 11) is 0. The summed E-state index contributed by atoms with van der Waals surface area (Å²) in [6.07, 6.45) is 0.538. The maximum atomic E-state index is 12.3. The second-order valence-electron chi connectivity index (χ2n) is 8.07. The summed E-state index contributed by atoms with van der Waals surface area (Å²) in [5.41, 5.74) is 8.48. The van der Waals surface area contributed by atoms with Crippen LogP contribution in [0.4, 0.5) is 10.5 Å². The molecule has 1 heterocycles. The fourth-order valence-corrected chi connectivity index (χ4v) is 4.27. The summed E-state index contributed by atoms with van der Waals surface area (Å²) >= 11 is 0. The number of hydrogen-bond donors (Lipinski definition) is 1. The van der Waals surface area contributed by atoms with Gasteiger partial charge in [0.1, 0.15) is 5.75 Å². The predicted octanol–water partition coefficient (Wildman–Crippen LogP) is 5.46. The van der Waals surface area contributed by atoms with E-state index in [0.29, 0.717) is 12.3 Å². The maximum Gasteiger partial charge on any atom is 0.412 e. The van der Waals surface area contributed by atoms with Crippen molar-refractivity contribution in [1.82, 2.24) is 5.32 Å². The summed E-state index contributed by atoms with van der Waals surface area (Å²) in [6.45, 7) is 8.57. The molecular formula is C26H28N2O2. The van der Waals surface area contributed by atoms with Crippen LogP contribution in [0.1, 0.15) is 33.4 Å². The molecular weight excluding hydrogens is 372 g/mol. The molecule has 0 aromatic heterocycles. The van der Waals surface area contributed by atoms with Gasteiger partial charge in [0.2, 0.25) is 0 Å². The van der Waals surface area contributed by atoms with Gasteiger partial charge in [0.15, 0.2) is 0 Å². The molecule has 1 aliphatic rings. The molecule has 1 amide bonds. The molecule has 0 aliphatic carbocycles. The third-order valence-electron chi connectivity index (χ3n) is 5.72. The first kappa shape index (κ1) is 20.0. The van der Waals surface area contributed by atoms with E-state index >= 15 is 0 Å². The van der Waals surface area contributed by atoms with Gasteiger partial charge in [-0.3, -0.25) is 0 Å². The van der Waals surface area contributed by atoms with Crippen LogP contribution in [0, 0.1) is 20.8 Å². The molecule has 4 heteroatoms. The summed E-state index contributed by atoms with van der Waals surface area (Å²) < 4.78 is 5.55. The first-order valence-electron chi connectivity index (χ1n) is 10.4. The molecule has 0 saturated carbocycles. The minimum Gasteiger partial charge on any atom is -0.410 e. The lowest BCUT2D eigenvalue weighted by Crippen LogP contribution is -2.27. The van der Waals surface area contributed by atoms with Crippen molar-refractivity contribution in [1.29, 1.82) is 0 Å². The molecule has 1 aliphatic heterocycles. The Morgan fingerprint density at radius 1 is 1.00 bits per heavy atom. The topological polar surface area (TPSA) is 41.6 Å². The largest absolute Gasteiger partial charge is 0.412 e. The van der Waals surface area contributed by atoms with Crippen LogP contribution in [0.2, 0.25) is 0 Å². The van der Waals surface area contributed by atoms with Gasteiger partial charge in [0, 0.05) is 25.3 Å². The Morgan fingerprint density at radius 2 is 1.73 bits per heavy atom. The minimum atomic E-state index is -0.423. The number of anilines is 1. The SMILES string of the molecule is Cc1cc(C)c(CNC(=O)Oc2ccc3c(c2)CCN3Cc2ccccc2)c(C)c1. The Bertz CT molecular complexity index is 1040. The summed E-state index contributed by atoms with van der Waals surface area (Å²) in [4.78, 5) is 14.7. The van der Waals surface area contributed by atoms with Gasteiger partial charge < -0.3 is 15.0 Å². The molecule has 0 bridgehead atoms. The summed E-state index contributed by atoms with van der Waals surface area (Å²) in [5, 5.41) is 2.89. The average molecular weight is 401 g/mol. The van der Waals surface area contributed by atoms with Crippen molar-refractivity contribution in [3.8, 4) is 5.75 Å². The van der Waals surface area contributed by atoms with E-state index in [4.69, 9.17) is 4.74 Å². The van der Waals surface area contributed by atoms with E-state index < -0.39 is 6.09 Å². The quantitative estimate of drug-likeness (QED) is 0.618. The zero-order valence-corrected chi connectivity index (χ0v) is 17.9. The number of fused-ring (bicyclic) bond motifs is 1. The Hall–Kier alpha value is -3.27. The standard InChI is InChI=1S/C26H28N2O2/c1-18-13-19(2)24(20(3)14-18)16-27-26(29)30-23-9-10-25-22(15-23)11-12-28(25)17-21-7-5-4-6-8-21/h4-10,13-15H,11-12,16-17H2,1-3H3,(H,27,29). The monoisotopic (exact) mass is 400 g/mol. The van der Waals surface area contributed by atoms with Crippen LogP contribution in [-0.2, 0) is 19.5 Å². The second-order valence-corrected chi connectivity index (χ2v) is 8.07. The van der Waals surface area contributed by atoms with E-state index in [1.807, 2.05) is 18.2 Å². The Kier molecular flexibility index (Phi) is 5.75. The van der Waals surface area contributed by atoms with Crippen molar-refractivity contribution in [2.45, 2.75) is 40.3 Å². The lowest BCUT2D eigenvalue weighted by molar-refractivity contribution is 0.200. The summed E-state index contributed by atoms with van der Waals surface area (Å²) in [5.74, 6) is 0.588. The number of aryl methyl sites for hydroxylation is 3. The lowest BCUT2D eigenvalue weighted by Gasteiger charge is -2.19. The zero-order chi connectivity index (χ0) is 21.1. The number of amides is 1. The molecule has 0 saturated heterocycles. The molecule has 0 radical (unpaired) electrons. The fraction of sp³-hybridized carbons (Fsp3) is 0.269. The first-order valence-corrected chi connectivity index (χ1v) is 10.4. The minimum absolute atomic E-state index is 0.423. The summed E-state index contributed by atoms with van der Waals surface area (Å²) in [6, 6.07) is 20.7. The van der Waals surface area contributed by atoms with Crippen molar-refractivity contribution < 1.29 is 9.53 Å². The molecule has 4 rings (SSSR count). The van der Waals surface area contributed by atoms with Crippen LogP contribution in [0.15, 0.2) is 60.7 Å². The first-order chi connectivity index (χ1) is 14.5. The average Bonchev–Trinajstić information content (AvgIpc) is 3.10. The van der Waals surface area contributed by atoms with Crippen molar-refractivity contribution in [2.75, 3.05) is 11.4 Å². The normalized spacial score (nSPS) is 12.6.